The predicted molar refractivity (Wildman–Crippen MR) is 103 cm³/mol. The number of rotatable bonds is 9. The molecule has 11 heteroatoms. The fraction of sp³-hybridized carbons (Fsp3) is 0.737. The number of hydrogen-bond acceptors (Lipinski definition) is 7. The summed E-state index contributed by atoms with van der Waals surface area (Å²) in [7, 11) is 0. The highest BCUT2D eigenvalue weighted by Crippen LogP contribution is 2.31. The third kappa shape index (κ3) is 5.91. The average molecular weight is 423 g/mol. The second kappa shape index (κ2) is 10.4. The van der Waals surface area contributed by atoms with Crippen LogP contribution in [-0.4, -0.2) is 62.4 Å². The maximum absolute atomic E-state index is 12.3. The summed E-state index contributed by atoms with van der Waals surface area (Å²) in [6.07, 6.45) is 7.90. The number of nitrogens with one attached hydrogen (secondary N) is 2. The standard InChI is InChI=1S/C19H29N5O6/c25-15(22-29)9-13(8-4-7-12-5-2-1-3-6-12)18-21-16(23-30-18)17(26)20-14-10-24(11-14)19(27)28/h12-14,29H,1-11H2,(H,20,26)(H,22,25)(H,27,28)/t13-/m1/s1. The van der Waals surface area contributed by atoms with E-state index >= 15 is 0 Å². The molecule has 1 aliphatic heterocycles. The molecule has 2 fully saturated rings. The minimum atomic E-state index is -1.03. The molecule has 2 heterocycles. The van der Waals surface area contributed by atoms with E-state index in [2.05, 4.69) is 15.5 Å². The van der Waals surface area contributed by atoms with Crippen molar-refractivity contribution in [2.45, 2.75) is 69.7 Å². The lowest BCUT2D eigenvalue weighted by molar-refractivity contribution is -0.129. The van der Waals surface area contributed by atoms with Crippen molar-refractivity contribution < 1.29 is 29.2 Å². The lowest BCUT2D eigenvalue weighted by Crippen LogP contribution is -2.60. The summed E-state index contributed by atoms with van der Waals surface area (Å²) >= 11 is 0. The van der Waals surface area contributed by atoms with Crippen LogP contribution < -0.4 is 10.8 Å². The molecule has 0 aromatic carbocycles. The van der Waals surface area contributed by atoms with E-state index < -0.39 is 17.9 Å². The number of hydroxylamine groups is 1. The zero-order chi connectivity index (χ0) is 21.5. The molecule has 1 saturated heterocycles. The van der Waals surface area contributed by atoms with E-state index in [1.165, 1.54) is 37.0 Å². The van der Waals surface area contributed by atoms with E-state index in [9.17, 15) is 14.4 Å². The Morgan fingerprint density at radius 2 is 1.93 bits per heavy atom. The molecule has 166 valence electrons. The summed E-state index contributed by atoms with van der Waals surface area (Å²) in [6, 6.07) is -0.290. The molecule has 0 bridgehead atoms. The molecule has 4 N–H and O–H groups in total. The molecule has 1 atom stereocenters. The van der Waals surface area contributed by atoms with Gasteiger partial charge in [0.25, 0.3) is 11.7 Å². The first-order valence-electron chi connectivity index (χ1n) is 10.5. The van der Waals surface area contributed by atoms with Crippen LogP contribution in [0, 0.1) is 5.92 Å². The van der Waals surface area contributed by atoms with Gasteiger partial charge < -0.3 is 19.8 Å². The van der Waals surface area contributed by atoms with Crippen molar-refractivity contribution >= 4 is 17.9 Å². The molecule has 1 aromatic heterocycles. The highest BCUT2D eigenvalue weighted by molar-refractivity contribution is 5.90. The van der Waals surface area contributed by atoms with Crippen molar-refractivity contribution in [1.82, 2.24) is 25.8 Å². The smallest absolute Gasteiger partial charge is 0.407 e. The van der Waals surface area contributed by atoms with Crippen molar-refractivity contribution in [3.8, 4) is 0 Å². The number of amides is 3. The Morgan fingerprint density at radius 1 is 1.20 bits per heavy atom. The number of aromatic nitrogens is 2. The van der Waals surface area contributed by atoms with E-state index in [0.29, 0.717) is 12.3 Å². The van der Waals surface area contributed by atoms with Gasteiger partial charge in [-0.3, -0.25) is 14.8 Å². The molecule has 30 heavy (non-hydrogen) atoms. The first-order chi connectivity index (χ1) is 14.5. The maximum atomic E-state index is 12.3. The van der Waals surface area contributed by atoms with E-state index in [1.807, 2.05) is 0 Å². The van der Waals surface area contributed by atoms with E-state index in [0.717, 1.165) is 12.8 Å². The maximum Gasteiger partial charge on any atom is 0.407 e. The predicted octanol–water partition coefficient (Wildman–Crippen LogP) is 1.89. The summed E-state index contributed by atoms with van der Waals surface area (Å²) in [6.45, 7) is 0.429. The topological polar surface area (TPSA) is 158 Å². The minimum absolute atomic E-state index is 0.0133. The van der Waals surface area contributed by atoms with Crippen LogP contribution in [0.25, 0.3) is 0 Å². The van der Waals surface area contributed by atoms with Crippen molar-refractivity contribution in [3.63, 3.8) is 0 Å². The summed E-state index contributed by atoms with van der Waals surface area (Å²) in [5.74, 6) is -0.740. The van der Waals surface area contributed by atoms with E-state index in [-0.39, 0.29) is 43.2 Å². The molecule has 3 rings (SSSR count). The number of hydrogen-bond donors (Lipinski definition) is 4. The third-order valence-electron chi connectivity index (χ3n) is 5.93. The second-order valence-electron chi connectivity index (χ2n) is 8.19. The van der Waals surface area contributed by atoms with Crippen LogP contribution in [0.2, 0.25) is 0 Å². The van der Waals surface area contributed by atoms with Gasteiger partial charge in [-0.25, -0.2) is 10.3 Å². The van der Waals surface area contributed by atoms with Gasteiger partial charge in [0.1, 0.15) is 0 Å². The van der Waals surface area contributed by atoms with Crippen molar-refractivity contribution in [3.05, 3.63) is 11.7 Å². The molecule has 0 unspecified atom stereocenters. The lowest BCUT2D eigenvalue weighted by Gasteiger charge is -2.36. The number of carbonyl (C=O) groups excluding carboxylic acids is 2. The van der Waals surface area contributed by atoms with Crippen LogP contribution in [-0.2, 0) is 4.79 Å². The molecule has 1 saturated carbocycles. The fourth-order valence-corrected chi connectivity index (χ4v) is 4.18. The molecule has 0 radical (unpaired) electrons. The van der Waals surface area contributed by atoms with Crippen LogP contribution in [0.5, 0.6) is 0 Å². The van der Waals surface area contributed by atoms with E-state index in [4.69, 9.17) is 14.8 Å². The van der Waals surface area contributed by atoms with Crippen molar-refractivity contribution in [2.24, 2.45) is 5.92 Å². The van der Waals surface area contributed by atoms with Crippen LogP contribution >= 0.6 is 0 Å². The SMILES string of the molecule is O=C(C[C@@H](CCCC1CCCCC1)c1nc(C(=O)NC2CN(C(=O)O)C2)no1)NO. The Morgan fingerprint density at radius 3 is 2.60 bits per heavy atom. The quantitative estimate of drug-likeness (QED) is 0.346. The van der Waals surface area contributed by atoms with Gasteiger partial charge in [0.15, 0.2) is 0 Å². The van der Waals surface area contributed by atoms with Gasteiger partial charge in [0, 0.05) is 25.4 Å². The highest BCUT2D eigenvalue weighted by Gasteiger charge is 2.33. The van der Waals surface area contributed by atoms with Gasteiger partial charge in [-0.2, -0.15) is 4.98 Å². The molecule has 2 aliphatic rings. The Kier molecular flexibility index (Phi) is 7.61. The average Bonchev–Trinajstić information content (AvgIpc) is 3.20. The Balaban J connectivity index is 1.54. The molecular formula is C19H29N5O6. The van der Waals surface area contributed by atoms with Gasteiger partial charge >= 0.3 is 6.09 Å². The second-order valence-corrected chi connectivity index (χ2v) is 8.19. The summed E-state index contributed by atoms with van der Waals surface area (Å²) in [5, 5.41) is 24.1. The van der Waals surface area contributed by atoms with Gasteiger partial charge in [0.05, 0.1) is 6.04 Å². The lowest BCUT2D eigenvalue weighted by atomic mass is 9.84. The zero-order valence-electron chi connectivity index (χ0n) is 16.9. The largest absolute Gasteiger partial charge is 0.465 e. The third-order valence-corrected chi connectivity index (χ3v) is 5.93. The minimum Gasteiger partial charge on any atom is -0.465 e. The van der Waals surface area contributed by atoms with Gasteiger partial charge in [-0.15, -0.1) is 0 Å². The summed E-state index contributed by atoms with van der Waals surface area (Å²) in [4.78, 5) is 40.1. The molecule has 0 spiro atoms. The zero-order valence-corrected chi connectivity index (χ0v) is 16.9. The van der Waals surface area contributed by atoms with Crippen LogP contribution in [0.4, 0.5) is 4.79 Å². The van der Waals surface area contributed by atoms with Crippen LogP contribution in [0.1, 0.15) is 80.2 Å². The van der Waals surface area contributed by atoms with E-state index in [1.54, 1.807) is 5.48 Å². The fourth-order valence-electron chi connectivity index (χ4n) is 4.18. The van der Waals surface area contributed by atoms with Crippen LogP contribution in [0.3, 0.4) is 0 Å². The molecule has 3 amide bonds. The normalized spacial score (nSPS) is 18.5. The first-order valence-corrected chi connectivity index (χ1v) is 10.5. The number of likely N-dealkylation sites (tertiary alicyclic amines) is 1. The van der Waals surface area contributed by atoms with Crippen molar-refractivity contribution in [2.75, 3.05) is 13.1 Å². The summed E-state index contributed by atoms with van der Waals surface area (Å²) < 4.78 is 5.24. The molecule has 11 nitrogen and oxygen atoms in total. The highest BCUT2D eigenvalue weighted by atomic mass is 16.5. The number of carboxylic acid groups (broad SMARTS) is 1. The summed E-state index contributed by atoms with van der Waals surface area (Å²) in [5.41, 5.74) is 1.63. The van der Waals surface area contributed by atoms with Crippen molar-refractivity contribution in [1.29, 1.82) is 0 Å². The monoisotopic (exact) mass is 423 g/mol. The Bertz CT molecular complexity index is 742. The Hall–Kier alpha value is -2.69. The van der Waals surface area contributed by atoms with Gasteiger partial charge in [-0.05, 0) is 12.3 Å². The van der Waals surface area contributed by atoms with Crippen LogP contribution in [0.15, 0.2) is 4.52 Å². The van der Waals surface area contributed by atoms with Gasteiger partial charge in [-0.1, -0.05) is 50.1 Å². The molecule has 1 aliphatic carbocycles. The number of carbonyl (C=O) groups is 3. The molecular weight excluding hydrogens is 394 g/mol. The first kappa shape index (κ1) is 22.0. The number of nitrogens with zero attached hydrogens (tertiary/aromatic N) is 3. The Labute approximate surface area is 174 Å². The molecule has 1 aromatic rings. The van der Waals surface area contributed by atoms with Gasteiger partial charge in [0.2, 0.25) is 11.8 Å².